The minimum Gasteiger partial charge on any atom is -0.489 e. The van der Waals surface area contributed by atoms with E-state index in [0.29, 0.717) is 33.0 Å². The van der Waals surface area contributed by atoms with E-state index in [-0.39, 0.29) is 12.7 Å². The summed E-state index contributed by atoms with van der Waals surface area (Å²) in [5.74, 6) is 0.399. The van der Waals surface area contributed by atoms with Crippen molar-refractivity contribution in [2.75, 3.05) is 26.2 Å². The number of thiophene rings is 1. The molecule has 2 aromatic carbocycles. The van der Waals surface area contributed by atoms with Gasteiger partial charge >= 0.3 is 0 Å². The Morgan fingerprint density at radius 3 is 2.74 bits per heavy atom. The number of aliphatic hydroxyl groups is 1. The van der Waals surface area contributed by atoms with Gasteiger partial charge in [-0.15, -0.1) is 11.3 Å². The van der Waals surface area contributed by atoms with Crippen LogP contribution in [0.5, 0.6) is 11.5 Å². The number of fused-ring (bicyclic) bond motifs is 1. The molecule has 1 saturated heterocycles. The molecular formula is C27H28Cl2N4O4S. The Bertz CT molecular complexity index is 1450. The van der Waals surface area contributed by atoms with E-state index in [2.05, 4.69) is 9.88 Å². The summed E-state index contributed by atoms with van der Waals surface area (Å²) in [6, 6.07) is 12.9. The Kier molecular flexibility index (Phi) is 8.11. The molecule has 1 amide bonds. The van der Waals surface area contributed by atoms with Crippen LogP contribution in [-0.2, 0) is 0 Å². The number of nitrogens with two attached hydrogens (primary N) is 1. The maximum Gasteiger partial charge on any atom is 0.262 e. The van der Waals surface area contributed by atoms with Crippen LogP contribution in [0.3, 0.4) is 0 Å². The van der Waals surface area contributed by atoms with E-state index >= 15 is 0 Å². The maximum atomic E-state index is 12.3. The zero-order chi connectivity index (χ0) is 26.8. The van der Waals surface area contributed by atoms with Gasteiger partial charge < -0.3 is 25.2 Å². The zero-order valence-electron chi connectivity index (χ0n) is 20.8. The lowest BCUT2D eigenvalue weighted by atomic mass is 10.1. The zero-order valence-corrected chi connectivity index (χ0v) is 23.1. The summed E-state index contributed by atoms with van der Waals surface area (Å²) in [6.07, 6.45) is 2.98. The fourth-order valence-electron chi connectivity index (χ4n) is 4.66. The first-order valence-corrected chi connectivity index (χ1v) is 13.9. The second-order valence-corrected chi connectivity index (χ2v) is 11.0. The molecule has 4 aromatic rings. The second kappa shape index (κ2) is 11.5. The van der Waals surface area contributed by atoms with Crippen LogP contribution in [0.4, 0.5) is 0 Å². The van der Waals surface area contributed by atoms with Gasteiger partial charge in [0.15, 0.2) is 0 Å². The van der Waals surface area contributed by atoms with Gasteiger partial charge in [0.2, 0.25) is 0 Å². The molecule has 0 saturated carbocycles. The van der Waals surface area contributed by atoms with Crippen molar-refractivity contribution in [3.05, 3.63) is 69.3 Å². The molecule has 3 heterocycles. The number of amides is 1. The van der Waals surface area contributed by atoms with Gasteiger partial charge in [0.05, 0.1) is 22.7 Å². The number of ether oxygens (including phenoxy) is 2. The van der Waals surface area contributed by atoms with Crippen LogP contribution >= 0.6 is 34.5 Å². The van der Waals surface area contributed by atoms with Crippen molar-refractivity contribution in [2.24, 2.45) is 5.73 Å². The number of imidazole rings is 1. The summed E-state index contributed by atoms with van der Waals surface area (Å²) < 4.78 is 14.4. The van der Waals surface area contributed by atoms with Gasteiger partial charge in [-0.25, -0.2) is 4.98 Å². The summed E-state index contributed by atoms with van der Waals surface area (Å²) in [5.41, 5.74) is 8.03. The lowest BCUT2D eigenvalue weighted by molar-refractivity contribution is 0.0887. The molecule has 1 unspecified atom stereocenters. The van der Waals surface area contributed by atoms with Gasteiger partial charge in [-0.1, -0.05) is 35.3 Å². The summed E-state index contributed by atoms with van der Waals surface area (Å²) in [5, 5.41) is 11.0. The van der Waals surface area contributed by atoms with E-state index in [1.165, 1.54) is 11.3 Å². The average Bonchev–Trinajstić information content (AvgIpc) is 3.50. The van der Waals surface area contributed by atoms with Gasteiger partial charge in [0.1, 0.15) is 39.9 Å². The molecule has 0 radical (unpaired) electrons. The van der Waals surface area contributed by atoms with E-state index in [0.717, 1.165) is 47.5 Å². The number of carbonyl (C=O) groups is 1. The summed E-state index contributed by atoms with van der Waals surface area (Å²) >= 11 is 14.1. The number of β-amino-alcohol motifs (C(OH)–C–C–N with tert-alkyl or cyclic N) is 1. The number of primary amides is 1. The van der Waals surface area contributed by atoms with Gasteiger partial charge in [-0.05, 0) is 44.0 Å². The molecule has 0 aliphatic carbocycles. The van der Waals surface area contributed by atoms with Crippen LogP contribution in [0.2, 0.25) is 10.0 Å². The number of piperidine rings is 1. The average molecular weight is 576 g/mol. The molecule has 8 nitrogen and oxygen atoms in total. The smallest absolute Gasteiger partial charge is 0.262 e. The molecule has 200 valence electrons. The molecule has 3 N–H and O–H groups in total. The van der Waals surface area contributed by atoms with Gasteiger partial charge in [-0.2, -0.15) is 0 Å². The highest BCUT2D eigenvalue weighted by molar-refractivity contribution is 7.16. The first kappa shape index (κ1) is 26.8. The number of benzene rings is 2. The number of hydrogen-bond donors (Lipinski definition) is 2. The Morgan fingerprint density at radius 2 is 2.00 bits per heavy atom. The quantitative estimate of drug-likeness (QED) is 0.275. The molecule has 1 aliphatic heterocycles. The number of likely N-dealkylation sites (tertiary alicyclic amines) is 1. The van der Waals surface area contributed by atoms with Crippen LogP contribution < -0.4 is 15.2 Å². The van der Waals surface area contributed by atoms with Crippen molar-refractivity contribution in [1.29, 1.82) is 0 Å². The molecule has 1 atom stereocenters. The van der Waals surface area contributed by atoms with E-state index in [4.69, 9.17) is 43.5 Å². The lowest BCUT2D eigenvalue weighted by Crippen LogP contribution is -2.39. The molecule has 1 aliphatic rings. The van der Waals surface area contributed by atoms with Crippen molar-refractivity contribution >= 4 is 51.5 Å². The van der Waals surface area contributed by atoms with E-state index in [1.807, 2.05) is 35.8 Å². The molecule has 11 heteroatoms. The first-order chi connectivity index (χ1) is 18.3. The van der Waals surface area contributed by atoms with Crippen molar-refractivity contribution in [1.82, 2.24) is 14.5 Å². The van der Waals surface area contributed by atoms with Gasteiger partial charge in [0, 0.05) is 36.3 Å². The van der Waals surface area contributed by atoms with Crippen LogP contribution in [0, 0.1) is 0 Å². The van der Waals surface area contributed by atoms with Crippen molar-refractivity contribution < 1.29 is 19.4 Å². The van der Waals surface area contributed by atoms with Crippen LogP contribution in [0.1, 0.15) is 41.1 Å². The maximum absolute atomic E-state index is 12.3. The molecule has 0 spiro atoms. The number of halogens is 2. The molecule has 2 aromatic heterocycles. The van der Waals surface area contributed by atoms with E-state index < -0.39 is 12.0 Å². The summed E-state index contributed by atoms with van der Waals surface area (Å²) in [6.45, 7) is 4.46. The third-order valence-electron chi connectivity index (χ3n) is 6.63. The lowest BCUT2D eigenvalue weighted by Gasteiger charge is -2.32. The Hall–Kier alpha value is -2.82. The van der Waals surface area contributed by atoms with Crippen LogP contribution in [0.15, 0.2) is 48.8 Å². The summed E-state index contributed by atoms with van der Waals surface area (Å²) in [4.78, 5) is 19.2. The number of rotatable bonds is 9. The van der Waals surface area contributed by atoms with Crippen molar-refractivity contribution in [2.45, 2.75) is 32.0 Å². The second-order valence-electron chi connectivity index (χ2n) is 9.19. The highest BCUT2D eigenvalue weighted by atomic mass is 35.5. The third-order valence-corrected chi connectivity index (χ3v) is 8.40. The minimum absolute atomic E-state index is 0.0506. The molecule has 1 fully saturated rings. The first-order valence-electron chi connectivity index (χ1n) is 12.4. The largest absolute Gasteiger partial charge is 0.489 e. The normalized spacial score (nSPS) is 15.6. The SMILES string of the molecule is CC(Oc1cc(-n2cnc3cc(Cl)ccc32)sc1C(N)=O)c1cccc(OC2CCN(CCO)CC2)c1Cl. The molecule has 38 heavy (non-hydrogen) atoms. The number of nitrogens with zero attached hydrogens (tertiary/aromatic N) is 3. The Balaban J connectivity index is 1.35. The highest BCUT2D eigenvalue weighted by Gasteiger charge is 2.24. The van der Waals surface area contributed by atoms with Crippen molar-refractivity contribution in [3.8, 4) is 16.5 Å². The van der Waals surface area contributed by atoms with Gasteiger partial charge in [-0.3, -0.25) is 9.36 Å². The Labute approximate surface area is 234 Å². The predicted octanol–water partition coefficient (Wildman–Crippen LogP) is 5.47. The minimum atomic E-state index is -0.577. The Morgan fingerprint density at radius 1 is 1.21 bits per heavy atom. The highest BCUT2D eigenvalue weighted by Crippen LogP contribution is 2.39. The fraction of sp³-hybridized carbons (Fsp3) is 0.333. The van der Waals surface area contributed by atoms with E-state index in [1.54, 1.807) is 24.5 Å². The number of carbonyl (C=O) groups excluding carboxylic acids is 1. The number of aliphatic hydroxyl groups excluding tert-OH is 1. The monoisotopic (exact) mass is 574 g/mol. The fourth-order valence-corrected chi connectivity index (χ4v) is 6.08. The third kappa shape index (κ3) is 5.62. The van der Waals surface area contributed by atoms with E-state index in [9.17, 15) is 4.79 Å². The topological polar surface area (TPSA) is 103 Å². The van der Waals surface area contributed by atoms with Crippen molar-refractivity contribution in [3.63, 3.8) is 0 Å². The van der Waals surface area contributed by atoms with Crippen LogP contribution in [-0.4, -0.2) is 57.8 Å². The van der Waals surface area contributed by atoms with Gasteiger partial charge in [0.25, 0.3) is 5.91 Å². The van der Waals surface area contributed by atoms with Crippen LogP contribution in [0.25, 0.3) is 16.0 Å². The number of aromatic nitrogens is 2. The predicted molar refractivity (Wildman–Crippen MR) is 150 cm³/mol. The molecule has 0 bridgehead atoms. The summed E-state index contributed by atoms with van der Waals surface area (Å²) in [7, 11) is 0. The number of hydrogen-bond acceptors (Lipinski definition) is 7. The molecular weight excluding hydrogens is 547 g/mol. The standard InChI is InChI=1S/C27H28Cl2N4O4S/c1-16(19-3-2-4-22(25(19)29)37-18-7-9-32(10-8-18)11-12-34)36-23-14-24(38-26(23)27(30)35)33-15-31-20-13-17(28)5-6-21(20)33/h2-6,13-16,18,34H,7-12H2,1H3,(H2,30,35). The molecule has 5 rings (SSSR count).